The summed E-state index contributed by atoms with van der Waals surface area (Å²) in [6.07, 6.45) is 6.55. The quantitative estimate of drug-likeness (QED) is 0.625. The average Bonchev–Trinajstić information content (AvgIpc) is 2.48. The predicted molar refractivity (Wildman–Crippen MR) is 44.4 cm³/mol. The van der Waals surface area contributed by atoms with Crippen LogP contribution in [0.1, 0.15) is 39.0 Å². The first-order chi connectivity index (χ1) is 5.36. The van der Waals surface area contributed by atoms with E-state index in [0.717, 1.165) is 6.42 Å². The van der Waals surface area contributed by atoms with Crippen molar-refractivity contribution < 1.29 is 9.47 Å². The molecule has 1 heterocycles. The topological polar surface area (TPSA) is 18.5 Å². The minimum Gasteiger partial charge on any atom is -0.356 e. The van der Waals surface area contributed by atoms with Gasteiger partial charge in [0.2, 0.25) is 0 Å². The van der Waals surface area contributed by atoms with Crippen LogP contribution < -0.4 is 0 Å². The largest absolute Gasteiger partial charge is 0.356 e. The van der Waals surface area contributed by atoms with E-state index in [9.17, 15) is 0 Å². The molecular formula is C9H18O2. The van der Waals surface area contributed by atoms with Crippen LogP contribution in [0, 0.1) is 0 Å². The molecule has 1 aliphatic heterocycles. The van der Waals surface area contributed by atoms with Crippen LogP contribution in [0.4, 0.5) is 0 Å². The Morgan fingerprint density at radius 1 is 1.45 bits per heavy atom. The number of hydrogen-bond acceptors (Lipinski definition) is 2. The Hall–Kier alpha value is -0.0800. The number of unbranched alkanes of at least 4 members (excludes halogenated alkanes) is 1. The molecule has 0 spiro atoms. The van der Waals surface area contributed by atoms with Crippen LogP contribution in [0.2, 0.25) is 0 Å². The van der Waals surface area contributed by atoms with Crippen molar-refractivity contribution in [3.8, 4) is 0 Å². The van der Waals surface area contributed by atoms with Crippen LogP contribution in [-0.4, -0.2) is 19.5 Å². The SMILES string of the molecule is CCCCC1CCC(OC)O1. The Bertz CT molecular complexity index is 104. The fourth-order valence-corrected chi connectivity index (χ4v) is 1.49. The second-order valence-electron chi connectivity index (χ2n) is 3.14. The molecule has 0 aromatic carbocycles. The number of rotatable bonds is 4. The van der Waals surface area contributed by atoms with Crippen LogP contribution in [0.15, 0.2) is 0 Å². The lowest BCUT2D eigenvalue weighted by Gasteiger charge is -2.11. The molecule has 11 heavy (non-hydrogen) atoms. The van der Waals surface area contributed by atoms with E-state index in [1.54, 1.807) is 7.11 Å². The average molecular weight is 158 g/mol. The van der Waals surface area contributed by atoms with Gasteiger partial charge in [0.25, 0.3) is 0 Å². The molecule has 66 valence electrons. The second-order valence-corrected chi connectivity index (χ2v) is 3.14. The summed E-state index contributed by atoms with van der Waals surface area (Å²) < 4.78 is 10.7. The van der Waals surface area contributed by atoms with Gasteiger partial charge < -0.3 is 9.47 Å². The first-order valence-electron chi connectivity index (χ1n) is 4.55. The number of hydrogen-bond donors (Lipinski definition) is 0. The first kappa shape index (κ1) is 9.01. The molecule has 2 unspecified atom stereocenters. The van der Waals surface area contributed by atoms with Gasteiger partial charge in [0.15, 0.2) is 6.29 Å². The maximum absolute atomic E-state index is 5.59. The zero-order chi connectivity index (χ0) is 8.10. The van der Waals surface area contributed by atoms with Gasteiger partial charge in [-0.2, -0.15) is 0 Å². The van der Waals surface area contributed by atoms with Crippen molar-refractivity contribution in [3.63, 3.8) is 0 Å². The molecule has 0 bridgehead atoms. The van der Waals surface area contributed by atoms with Crippen LogP contribution in [0.25, 0.3) is 0 Å². The van der Waals surface area contributed by atoms with Gasteiger partial charge in [0, 0.05) is 13.5 Å². The van der Waals surface area contributed by atoms with Crippen LogP contribution in [0.5, 0.6) is 0 Å². The molecule has 0 radical (unpaired) electrons. The summed E-state index contributed by atoms with van der Waals surface area (Å²) in [5, 5.41) is 0. The summed E-state index contributed by atoms with van der Waals surface area (Å²) in [5.74, 6) is 0. The van der Waals surface area contributed by atoms with Crippen molar-refractivity contribution in [1.82, 2.24) is 0 Å². The lowest BCUT2D eigenvalue weighted by atomic mass is 10.1. The fourth-order valence-electron chi connectivity index (χ4n) is 1.49. The summed E-state index contributed by atoms with van der Waals surface area (Å²) in [5.41, 5.74) is 0. The van der Waals surface area contributed by atoms with E-state index in [0.29, 0.717) is 6.10 Å². The van der Waals surface area contributed by atoms with Crippen molar-refractivity contribution in [2.75, 3.05) is 7.11 Å². The van der Waals surface area contributed by atoms with Gasteiger partial charge in [0.1, 0.15) is 0 Å². The van der Waals surface area contributed by atoms with Gasteiger partial charge in [-0.25, -0.2) is 0 Å². The summed E-state index contributed by atoms with van der Waals surface area (Å²) in [7, 11) is 1.72. The van der Waals surface area contributed by atoms with Gasteiger partial charge in [0.05, 0.1) is 6.10 Å². The monoisotopic (exact) mass is 158 g/mol. The molecule has 0 N–H and O–H groups in total. The molecule has 1 saturated heterocycles. The summed E-state index contributed by atoms with van der Waals surface area (Å²) in [6, 6.07) is 0. The van der Waals surface area contributed by atoms with Crippen molar-refractivity contribution >= 4 is 0 Å². The summed E-state index contributed by atoms with van der Waals surface area (Å²) in [6.45, 7) is 2.21. The molecule has 2 heteroatoms. The van der Waals surface area contributed by atoms with E-state index < -0.39 is 0 Å². The Labute approximate surface area is 68.9 Å². The highest BCUT2D eigenvalue weighted by atomic mass is 16.7. The molecule has 1 rings (SSSR count). The molecule has 1 fully saturated rings. The van der Waals surface area contributed by atoms with Gasteiger partial charge in [-0.15, -0.1) is 0 Å². The lowest BCUT2D eigenvalue weighted by molar-refractivity contribution is -0.115. The smallest absolute Gasteiger partial charge is 0.157 e. The maximum atomic E-state index is 5.59. The third kappa shape index (κ3) is 2.80. The van der Waals surface area contributed by atoms with E-state index in [4.69, 9.17) is 9.47 Å². The van der Waals surface area contributed by atoms with Gasteiger partial charge in [-0.3, -0.25) is 0 Å². The van der Waals surface area contributed by atoms with E-state index in [1.807, 2.05) is 0 Å². The molecule has 0 aliphatic carbocycles. The van der Waals surface area contributed by atoms with Gasteiger partial charge in [-0.1, -0.05) is 19.8 Å². The molecule has 2 atom stereocenters. The Morgan fingerprint density at radius 2 is 2.27 bits per heavy atom. The maximum Gasteiger partial charge on any atom is 0.157 e. The number of methoxy groups -OCH3 is 1. The summed E-state index contributed by atoms with van der Waals surface area (Å²) in [4.78, 5) is 0. The predicted octanol–water partition coefficient (Wildman–Crippen LogP) is 2.33. The van der Waals surface area contributed by atoms with Crippen molar-refractivity contribution in [2.45, 2.75) is 51.4 Å². The number of ether oxygens (including phenoxy) is 2. The second kappa shape index (κ2) is 4.73. The van der Waals surface area contributed by atoms with Crippen molar-refractivity contribution in [1.29, 1.82) is 0 Å². The van der Waals surface area contributed by atoms with E-state index in [2.05, 4.69) is 6.92 Å². The Morgan fingerprint density at radius 3 is 2.82 bits per heavy atom. The molecule has 0 aromatic rings. The molecule has 0 amide bonds. The van der Waals surface area contributed by atoms with Crippen LogP contribution in [0.3, 0.4) is 0 Å². The van der Waals surface area contributed by atoms with E-state index in [1.165, 1.54) is 25.7 Å². The van der Waals surface area contributed by atoms with Crippen LogP contribution >= 0.6 is 0 Å². The molecule has 0 aromatic heterocycles. The van der Waals surface area contributed by atoms with Crippen molar-refractivity contribution in [3.05, 3.63) is 0 Å². The minimum atomic E-state index is 0.0804. The first-order valence-corrected chi connectivity index (χ1v) is 4.55. The highest BCUT2D eigenvalue weighted by Crippen LogP contribution is 2.23. The fraction of sp³-hybridized carbons (Fsp3) is 1.00. The Balaban J connectivity index is 2.09. The van der Waals surface area contributed by atoms with E-state index >= 15 is 0 Å². The Kier molecular flexibility index (Phi) is 3.87. The van der Waals surface area contributed by atoms with Crippen LogP contribution in [-0.2, 0) is 9.47 Å². The molecule has 2 nitrogen and oxygen atoms in total. The highest BCUT2D eigenvalue weighted by molar-refractivity contribution is 4.67. The zero-order valence-corrected chi connectivity index (χ0v) is 7.51. The summed E-state index contributed by atoms with van der Waals surface area (Å²) >= 11 is 0. The van der Waals surface area contributed by atoms with Gasteiger partial charge >= 0.3 is 0 Å². The zero-order valence-electron chi connectivity index (χ0n) is 7.51. The standard InChI is InChI=1S/C9H18O2/c1-3-4-5-8-6-7-9(10-2)11-8/h8-9H,3-7H2,1-2H3. The molecule has 1 aliphatic rings. The third-order valence-electron chi connectivity index (χ3n) is 2.21. The van der Waals surface area contributed by atoms with Gasteiger partial charge in [-0.05, 0) is 12.8 Å². The van der Waals surface area contributed by atoms with E-state index in [-0.39, 0.29) is 6.29 Å². The molecule has 0 saturated carbocycles. The lowest BCUT2D eigenvalue weighted by Crippen LogP contribution is -2.12. The third-order valence-corrected chi connectivity index (χ3v) is 2.21. The van der Waals surface area contributed by atoms with Crippen molar-refractivity contribution in [2.24, 2.45) is 0 Å². The normalized spacial score (nSPS) is 31.1. The highest BCUT2D eigenvalue weighted by Gasteiger charge is 2.23. The minimum absolute atomic E-state index is 0.0804. The molecular weight excluding hydrogens is 140 g/mol.